The quantitative estimate of drug-likeness (QED) is 0.725. The number of halogens is 1. The first-order valence-corrected chi connectivity index (χ1v) is 6.50. The highest BCUT2D eigenvalue weighted by Crippen LogP contribution is 2.27. The van der Waals surface area contributed by atoms with E-state index in [1.165, 1.54) is 5.56 Å². The highest BCUT2D eigenvalue weighted by molar-refractivity contribution is 6.20. The molecule has 16 heavy (non-hydrogen) atoms. The molecule has 2 rings (SSSR count). The molecule has 3 atom stereocenters. The van der Waals surface area contributed by atoms with Gasteiger partial charge in [-0.25, -0.2) is 0 Å². The molecule has 0 radical (unpaired) electrons. The SMILES string of the molecule is CC(CC1CC(Cl)CCO1)c1ccccc1. The van der Waals surface area contributed by atoms with Gasteiger partial charge in [-0.15, -0.1) is 11.6 Å². The molecular weight excluding hydrogens is 220 g/mol. The van der Waals surface area contributed by atoms with E-state index >= 15 is 0 Å². The van der Waals surface area contributed by atoms with Crippen LogP contribution in [0.3, 0.4) is 0 Å². The normalized spacial score (nSPS) is 27.6. The second-order valence-corrected chi connectivity index (χ2v) is 5.28. The largest absolute Gasteiger partial charge is 0.378 e. The smallest absolute Gasteiger partial charge is 0.0595 e. The van der Waals surface area contributed by atoms with Crippen LogP contribution in [0, 0.1) is 0 Å². The van der Waals surface area contributed by atoms with Gasteiger partial charge in [-0.3, -0.25) is 0 Å². The predicted octanol–water partition coefficient (Wildman–Crippen LogP) is 3.97. The van der Waals surface area contributed by atoms with Crippen molar-refractivity contribution in [2.45, 2.75) is 43.6 Å². The van der Waals surface area contributed by atoms with Gasteiger partial charge >= 0.3 is 0 Å². The lowest BCUT2D eigenvalue weighted by molar-refractivity contribution is 0.00975. The number of alkyl halides is 1. The van der Waals surface area contributed by atoms with Gasteiger partial charge in [0, 0.05) is 12.0 Å². The Morgan fingerprint density at radius 1 is 1.38 bits per heavy atom. The Balaban J connectivity index is 1.89. The lowest BCUT2D eigenvalue weighted by atomic mass is 9.92. The fourth-order valence-electron chi connectivity index (χ4n) is 2.31. The van der Waals surface area contributed by atoms with Gasteiger partial charge in [-0.2, -0.15) is 0 Å². The molecule has 1 fully saturated rings. The van der Waals surface area contributed by atoms with Crippen molar-refractivity contribution in [1.82, 2.24) is 0 Å². The first kappa shape index (κ1) is 11.9. The molecule has 0 spiro atoms. The topological polar surface area (TPSA) is 9.23 Å². The fourth-order valence-corrected chi connectivity index (χ4v) is 2.60. The Kier molecular flexibility index (Phi) is 4.25. The summed E-state index contributed by atoms with van der Waals surface area (Å²) >= 11 is 6.16. The molecule has 0 saturated carbocycles. The van der Waals surface area contributed by atoms with Crippen molar-refractivity contribution >= 4 is 11.6 Å². The minimum Gasteiger partial charge on any atom is -0.378 e. The van der Waals surface area contributed by atoms with Gasteiger partial charge in [0.1, 0.15) is 0 Å². The number of hydrogen-bond donors (Lipinski definition) is 0. The van der Waals surface area contributed by atoms with Crippen molar-refractivity contribution in [3.63, 3.8) is 0 Å². The average molecular weight is 239 g/mol. The molecule has 2 heteroatoms. The molecule has 0 amide bonds. The fraction of sp³-hybridized carbons (Fsp3) is 0.571. The van der Waals surface area contributed by atoms with Crippen LogP contribution in [-0.4, -0.2) is 18.1 Å². The first-order valence-electron chi connectivity index (χ1n) is 6.06. The average Bonchev–Trinajstić information content (AvgIpc) is 2.30. The van der Waals surface area contributed by atoms with Crippen LogP contribution in [0.25, 0.3) is 0 Å². The zero-order chi connectivity index (χ0) is 11.4. The van der Waals surface area contributed by atoms with E-state index in [1.54, 1.807) is 0 Å². The van der Waals surface area contributed by atoms with Gasteiger partial charge in [-0.1, -0.05) is 37.3 Å². The van der Waals surface area contributed by atoms with Crippen LogP contribution < -0.4 is 0 Å². The van der Waals surface area contributed by atoms with E-state index in [0.717, 1.165) is 25.9 Å². The van der Waals surface area contributed by atoms with Crippen LogP contribution in [0.2, 0.25) is 0 Å². The summed E-state index contributed by atoms with van der Waals surface area (Å²) in [6.45, 7) is 3.08. The van der Waals surface area contributed by atoms with Crippen molar-refractivity contribution < 1.29 is 4.74 Å². The third-order valence-corrected chi connectivity index (χ3v) is 3.68. The summed E-state index contributed by atoms with van der Waals surface area (Å²) in [5.41, 5.74) is 1.39. The standard InChI is InChI=1S/C14H19ClO/c1-11(12-5-3-2-4-6-12)9-14-10-13(15)7-8-16-14/h2-6,11,13-14H,7-10H2,1H3. The Morgan fingerprint density at radius 3 is 2.81 bits per heavy atom. The minimum absolute atomic E-state index is 0.307. The second kappa shape index (κ2) is 5.70. The van der Waals surface area contributed by atoms with Crippen LogP contribution in [0.15, 0.2) is 30.3 Å². The van der Waals surface area contributed by atoms with Crippen LogP contribution in [-0.2, 0) is 4.74 Å². The summed E-state index contributed by atoms with van der Waals surface area (Å²) in [4.78, 5) is 0. The molecule has 1 aliphatic rings. The van der Waals surface area contributed by atoms with Crippen LogP contribution >= 0.6 is 11.6 Å². The van der Waals surface area contributed by atoms with E-state index in [1.807, 2.05) is 0 Å². The van der Waals surface area contributed by atoms with Gasteiger partial charge in [0.2, 0.25) is 0 Å². The molecule has 1 aliphatic heterocycles. The van der Waals surface area contributed by atoms with E-state index in [9.17, 15) is 0 Å². The van der Waals surface area contributed by atoms with E-state index < -0.39 is 0 Å². The molecule has 1 saturated heterocycles. The summed E-state index contributed by atoms with van der Waals surface area (Å²) < 4.78 is 5.76. The summed E-state index contributed by atoms with van der Waals surface area (Å²) in [5.74, 6) is 0.549. The molecule has 88 valence electrons. The van der Waals surface area contributed by atoms with E-state index in [-0.39, 0.29) is 0 Å². The number of benzene rings is 1. The summed E-state index contributed by atoms with van der Waals surface area (Å²) in [6, 6.07) is 10.6. The van der Waals surface area contributed by atoms with Crippen molar-refractivity contribution in [2.24, 2.45) is 0 Å². The second-order valence-electron chi connectivity index (χ2n) is 4.66. The Labute approximate surface area is 103 Å². The van der Waals surface area contributed by atoms with E-state index in [4.69, 9.17) is 16.3 Å². The van der Waals surface area contributed by atoms with Gasteiger partial charge < -0.3 is 4.74 Å². The van der Waals surface area contributed by atoms with Gasteiger partial charge in [-0.05, 0) is 30.7 Å². The molecule has 0 N–H and O–H groups in total. The van der Waals surface area contributed by atoms with Crippen molar-refractivity contribution in [2.75, 3.05) is 6.61 Å². The van der Waals surface area contributed by atoms with Crippen LogP contribution in [0.4, 0.5) is 0 Å². The lowest BCUT2D eigenvalue weighted by Crippen LogP contribution is -2.27. The molecule has 0 aliphatic carbocycles. The number of rotatable bonds is 3. The molecule has 1 aromatic rings. The third kappa shape index (κ3) is 3.23. The third-order valence-electron chi connectivity index (χ3n) is 3.29. The van der Waals surface area contributed by atoms with Gasteiger partial charge in [0.25, 0.3) is 0 Å². The minimum atomic E-state index is 0.307. The summed E-state index contributed by atoms with van der Waals surface area (Å²) in [7, 11) is 0. The number of hydrogen-bond acceptors (Lipinski definition) is 1. The zero-order valence-corrected chi connectivity index (χ0v) is 10.5. The van der Waals surface area contributed by atoms with Gasteiger partial charge in [0.05, 0.1) is 6.10 Å². The molecule has 1 nitrogen and oxygen atoms in total. The van der Waals surface area contributed by atoms with Crippen molar-refractivity contribution in [3.8, 4) is 0 Å². The monoisotopic (exact) mass is 238 g/mol. The molecule has 1 aromatic carbocycles. The Bertz CT molecular complexity index is 312. The first-order chi connectivity index (χ1) is 7.75. The summed E-state index contributed by atoms with van der Waals surface area (Å²) in [6.07, 6.45) is 3.41. The van der Waals surface area contributed by atoms with Crippen molar-refractivity contribution in [3.05, 3.63) is 35.9 Å². The van der Waals surface area contributed by atoms with E-state index in [0.29, 0.717) is 17.4 Å². The molecule has 0 bridgehead atoms. The van der Waals surface area contributed by atoms with Crippen LogP contribution in [0.5, 0.6) is 0 Å². The highest BCUT2D eigenvalue weighted by Gasteiger charge is 2.22. The zero-order valence-electron chi connectivity index (χ0n) is 9.73. The summed E-state index contributed by atoms with van der Waals surface area (Å²) in [5, 5.41) is 0.307. The maximum Gasteiger partial charge on any atom is 0.0595 e. The van der Waals surface area contributed by atoms with Crippen LogP contribution in [0.1, 0.15) is 37.7 Å². The highest BCUT2D eigenvalue weighted by atomic mass is 35.5. The van der Waals surface area contributed by atoms with Gasteiger partial charge in [0.15, 0.2) is 0 Å². The molecule has 3 unspecified atom stereocenters. The Hall–Kier alpha value is -0.530. The molecular formula is C14H19ClO. The molecule has 1 heterocycles. The molecule has 0 aromatic heterocycles. The van der Waals surface area contributed by atoms with Crippen molar-refractivity contribution in [1.29, 1.82) is 0 Å². The maximum absolute atomic E-state index is 6.16. The number of ether oxygens (including phenoxy) is 1. The maximum atomic E-state index is 6.16. The predicted molar refractivity (Wildman–Crippen MR) is 68.1 cm³/mol. The van der Waals surface area contributed by atoms with E-state index in [2.05, 4.69) is 37.3 Å². The Morgan fingerprint density at radius 2 is 2.12 bits per heavy atom. The lowest BCUT2D eigenvalue weighted by Gasteiger charge is -2.28.